The standard InChI is InChI=1S/C28H26ClN3O2/c1-17-2-4-18(5-3-17)19-8-12-32(13-9-19)28(33)25-15-20-14-21(29)16-24(26(20)34-25)22-6-10-30-27-23(22)7-11-31-27/h2-7,10-11,14,16,19,25H,8-9,12-13,15H2,1H3,(H,30,31). The number of ether oxygens (including phenoxy) is 1. The van der Waals surface area contributed by atoms with Gasteiger partial charge in [0.1, 0.15) is 11.4 Å². The number of carbonyl (C=O) groups excluding carboxylic acids is 1. The Morgan fingerprint density at radius 2 is 1.88 bits per heavy atom. The molecule has 4 aromatic rings. The van der Waals surface area contributed by atoms with Crippen LogP contribution >= 0.6 is 11.6 Å². The van der Waals surface area contributed by atoms with E-state index in [1.54, 1.807) is 6.20 Å². The predicted molar refractivity (Wildman–Crippen MR) is 134 cm³/mol. The molecule has 0 spiro atoms. The fourth-order valence-corrected chi connectivity index (χ4v) is 5.57. The van der Waals surface area contributed by atoms with Crippen molar-refractivity contribution >= 4 is 28.5 Å². The number of H-pyrrole nitrogens is 1. The second-order valence-corrected chi connectivity index (χ2v) is 9.80. The lowest BCUT2D eigenvalue weighted by Gasteiger charge is -2.33. The summed E-state index contributed by atoms with van der Waals surface area (Å²) in [6.45, 7) is 3.63. The third kappa shape index (κ3) is 3.74. The van der Waals surface area contributed by atoms with Crippen molar-refractivity contribution in [2.75, 3.05) is 13.1 Å². The molecule has 2 aromatic heterocycles. The number of likely N-dealkylation sites (tertiary alicyclic amines) is 1. The van der Waals surface area contributed by atoms with Crippen LogP contribution in [0.5, 0.6) is 5.75 Å². The maximum atomic E-state index is 13.4. The van der Waals surface area contributed by atoms with E-state index in [4.69, 9.17) is 16.3 Å². The Labute approximate surface area is 203 Å². The number of carbonyl (C=O) groups is 1. The number of benzene rings is 2. The van der Waals surface area contributed by atoms with Gasteiger partial charge in [0.25, 0.3) is 5.91 Å². The van der Waals surface area contributed by atoms with Gasteiger partial charge in [0.2, 0.25) is 0 Å². The zero-order valence-corrected chi connectivity index (χ0v) is 19.8. The molecule has 2 aliphatic rings. The summed E-state index contributed by atoms with van der Waals surface area (Å²) in [7, 11) is 0. The van der Waals surface area contributed by atoms with Crippen LogP contribution in [0.4, 0.5) is 0 Å². The molecule has 34 heavy (non-hydrogen) atoms. The minimum atomic E-state index is -0.508. The van der Waals surface area contributed by atoms with E-state index in [2.05, 4.69) is 41.2 Å². The Hall–Kier alpha value is -3.31. The van der Waals surface area contributed by atoms with Crippen LogP contribution in [-0.2, 0) is 11.2 Å². The first kappa shape index (κ1) is 21.2. The lowest BCUT2D eigenvalue weighted by molar-refractivity contribution is -0.139. The van der Waals surface area contributed by atoms with Crippen molar-refractivity contribution in [2.45, 2.75) is 38.2 Å². The van der Waals surface area contributed by atoms with Gasteiger partial charge in [-0.3, -0.25) is 4.79 Å². The van der Waals surface area contributed by atoms with E-state index < -0.39 is 6.10 Å². The summed E-state index contributed by atoms with van der Waals surface area (Å²) in [5, 5.41) is 1.65. The first-order valence-corrected chi connectivity index (χ1v) is 12.2. The number of aryl methyl sites for hydroxylation is 1. The molecule has 5 nitrogen and oxygen atoms in total. The summed E-state index contributed by atoms with van der Waals surface area (Å²) in [4.78, 5) is 22.9. The number of nitrogens with zero attached hydrogens (tertiary/aromatic N) is 2. The summed E-state index contributed by atoms with van der Waals surface area (Å²) >= 11 is 6.49. The van der Waals surface area contributed by atoms with E-state index in [-0.39, 0.29) is 5.91 Å². The van der Waals surface area contributed by atoms with E-state index in [0.29, 0.717) is 17.4 Å². The molecule has 1 unspecified atom stereocenters. The highest BCUT2D eigenvalue weighted by Crippen LogP contribution is 2.43. The first-order valence-electron chi connectivity index (χ1n) is 11.8. The third-order valence-electron chi connectivity index (χ3n) is 7.18. The number of pyridine rings is 1. The highest BCUT2D eigenvalue weighted by atomic mass is 35.5. The number of halogens is 1. The molecule has 0 bridgehead atoms. The molecule has 6 rings (SSSR count). The lowest BCUT2D eigenvalue weighted by atomic mass is 9.89. The SMILES string of the molecule is Cc1ccc(C2CCN(C(=O)C3Cc4cc(Cl)cc(-c5ccnc6[nH]ccc56)c4O3)CC2)cc1. The zero-order valence-electron chi connectivity index (χ0n) is 19.1. The van der Waals surface area contributed by atoms with Gasteiger partial charge >= 0.3 is 0 Å². The minimum Gasteiger partial charge on any atom is -0.479 e. The molecule has 0 radical (unpaired) electrons. The highest BCUT2D eigenvalue weighted by molar-refractivity contribution is 6.31. The van der Waals surface area contributed by atoms with E-state index in [0.717, 1.165) is 59.4 Å². The summed E-state index contributed by atoms with van der Waals surface area (Å²) in [5.41, 5.74) is 6.34. The predicted octanol–water partition coefficient (Wildman–Crippen LogP) is 5.90. The second kappa shape index (κ2) is 8.48. The monoisotopic (exact) mass is 471 g/mol. The molecule has 1 saturated heterocycles. The second-order valence-electron chi connectivity index (χ2n) is 9.36. The van der Waals surface area contributed by atoms with Crippen LogP contribution in [0.25, 0.3) is 22.2 Å². The van der Waals surface area contributed by atoms with Crippen LogP contribution in [0, 0.1) is 6.92 Å². The van der Waals surface area contributed by atoms with Crippen molar-refractivity contribution in [3.05, 3.63) is 82.6 Å². The summed E-state index contributed by atoms with van der Waals surface area (Å²) in [5.74, 6) is 1.33. The molecule has 1 amide bonds. The van der Waals surface area contributed by atoms with Gasteiger partial charge in [0, 0.05) is 53.4 Å². The van der Waals surface area contributed by atoms with Crippen molar-refractivity contribution in [3.63, 3.8) is 0 Å². The van der Waals surface area contributed by atoms with Gasteiger partial charge in [0.05, 0.1) is 0 Å². The molecular formula is C28H26ClN3O2. The normalized spacial score (nSPS) is 18.2. The molecule has 1 fully saturated rings. The highest BCUT2D eigenvalue weighted by Gasteiger charge is 2.36. The van der Waals surface area contributed by atoms with E-state index >= 15 is 0 Å². The van der Waals surface area contributed by atoms with E-state index in [1.165, 1.54) is 11.1 Å². The number of aromatic amines is 1. The van der Waals surface area contributed by atoms with Crippen LogP contribution in [-0.4, -0.2) is 40.0 Å². The molecule has 4 heterocycles. The number of amides is 1. The molecule has 0 saturated carbocycles. The summed E-state index contributed by atoms with van der Waals surface area (Å²) < 4.78 is 6.33. The van der Waals surface area contributed by atoms with Crippen LogP contribution in [0.2, 0.25) is 5.02 Å². The lowest BCUT2D eigenvalue weighted by Crippen LogP contribution is -2.45. The van der Waals surface area contributed by atoms with E-state index in [9.17, 15) is 4.79 Å². The molecule has 6 heteroatoms. The van der Waals surface area contributed by atoms with E-state index in [1.807, 2.05) is 35.4 Å². The Morgan fingerprint density at radius 1 is 1.09 bits per heavy atom. The average Bonchev–Trinajstić information content (AvgIpc) is 3.51. The van der Waals surface area contributed by atoms with Gasteiger partial charge in [-0.25, -0.2) is 4.98 Å². The van der Waals surface area contributed by atoms with Crippen molar-refractivity contribution in [1.29, 1.82) is 0 Å². The zero-order chi connectivity index (χ0) is 23.2. The number of hydrogen-bond acceptors (Lipinski definition) is 3. The maximum absolute atomic E-state index is 13.4. The number of aromatic nitrogens is 2. The number of piperidine rings is 1. The van der Waals surface area contributed by atoms with Gasteiger partial charge in [0.15, 0.2) is 6.10 Å². The van der Waals surface area contributed by atoms with Gasteiger partial charge < -0.3 is 14.6 Å². The van der Waals surface area contributed by atoms with Crippen molar-refractivity contribution < 1.29 is 9.53 Å². The molecule has 1 N–H and O–H groups in total. The molecule has 0 aliphatic carbocycles. The topological polar surface area (TPSA) is 58.2 Å². The molecule has 2 aromatic carbocycles. The fourth-order valence-electron chi connectivity index (χ4n) is 5.33. The number of rotatable bonds is 3. The van der Waals surface area contributed by atoms with Crippen molar-refractivity contribution in [1.82, 2.24) is 14.9 Å². The number of fused-ring (bicyclic) bond motifs is 2. The quantitative estimate of drug-likeness (QED) is 0.404. The Morgan fingerprint density at radius 3 is 2.68 bits per heavy atom. The van der Waals surface area contributed by atoms with Crippen LogP contribution in [0.1, 0.15) is 35.4 Å². The maximum Gasteiger partial charge on any atom is 0.263 e. The molecule has 2 aliphatic heterocycles. The Kier molecular flexibility index (Phi) is 5.30. The summed E-state index contributed by atoms with van der Waals surface area (Å²) in [6.07, 6.45) is 5.64. The van der Waals surface area contributed by atoms with Crippen LogP contribution < -0.4 is 4.74 Å². The van der Waals surface area contributed by atoms with Crippen LogP contribution in [0.15, 0.2) is 60.9 Å². The Bertz CT molecular complexity index is 1370. The van der Waals surface area contributed by atoms with Crippen LogP contribution in [0.3, 0.4) is 0 Å². The first-order chi connectivity index (χ1) is 16.6. The molecule has 1 atom stereocenters. The number of hydrogen-bond donors (Lipinski definition) is 1. The van der Waals surface area contributed by atoms with Gasteiger partial charge in [-0.05, 0) is 61.1 Å². The summed E-state index contributed by atoms with van der Waals surface area (Å²) in [6, 6.07) is 16.6. The fraction of sp³-hybridized carbons (Fsp3) is 0.286. The Balaban J connectivity index is 1.21. The molecular weight excluding hydrogens is 446 g/mol. The van der Waals surface area contributed by atoms with Crippen molar-refractivity contribution in [2.24, 2.45) is 0 Å². The number of nitrogens with one attached hydrogen (secondary N) is 1. The average molecular weight is 472 g/mol. The van der Waals surface area contributed by atoms with Gasteiger partial charge in [-0.2, -0.15) is 0 Å². The molecule has 172 valence electrons. The smallest absolute Gasteiger partial charge is 0.263 e. The largest absolute Gasteiger partial charge is 0.479 e. The third-order valence-corrected chi connectivity index (χ3v) is 7.40. The van der Waals surface area contributed by atoms with Gasteiger partial charge in [-0.15, -0.1) is 0 Å². The van der Waals surface area contributed by atoms with Gasteiger partial charge in [-0.1, -0.05) is 41.4 Å². The minimum absolute atomic E-state index is 0.0714. The van der Waals surface area contributed by atoms with Crippen molar-refractivity contribution in [3.8, 4) is 16.9 Å².